The lowest BCUT2D eigenvalue weighted by Crippen LogP contribution is -2.45. The van der Waals surface area contributed by atoms with Crippen molar-refractivity contribution in [3.05, 3.63) is 51.9 Å². The van der Waals surface area contributed by atoms with E-state index >= 15 is 0 Å². The maximum Gasteiger partial charge on any atom is 0.262 e. The molecule has 0 amide bonds. The fourth-order valence-corrected chi connectivity index (χ4v) is 3.22. The number of rotatable bonds is 2. The van der Waals surface area contributed by atoms with Crippen LogP contribution < -0.4 is 10.5 Å². The van der Waals surface area contributed by atoms with Gasteiger partial charge in [-0.3, -0.25) is 9.78 Å². The van der Waals surface area contributed by atoms with Crippen LogP contribution in [-0.2, 0) is 0 Å². The predicted molar refractivity (Wildman–Crippen MR) is 100 cm³/mol. The standard InChI is InChI=1S/C18H18ClN5O/c1-23-8-10-24(11-9-23)18-21-16-15(17(25)22-18)14(6-7-20-16)12-2-4-13(19)5-3-12/h2-7H,8-11H2,1H3,(H,20,21,22,25). The molecule has 1 aliphatic rings. The molecule has 0 spiro atoms. The molecule has 25 heavy (non-hydrogen) atoms. The van der Waals surface area contributed by atoms with Crippen LogP contribution in [0.15, 0.2) is 41.3 Å². The number of piperazine rings is 1. The highest BCUT2D eigenvalue weighted by Gasteiger charge is 2.18. The van der Waals surface area contributed by atoms with Crippen LogP contribution in [0.2, 0.25) is 5.02 Å². The highest BCUT2D eigenvalue weighted by atomic mass is 35.5. The number of pyridine rings is 1. The third kappa shape index (κ3) is 3.10. The summed E-state index contributed by atoms with van der Waals surface area (Å²) in [6.07, 6.45) is 1.69. The van der Waals surface area contributed by atoms with E-state index < -0.39 is 0 Å². The molecule has 3 heterocycles. The Bertz CT molecular complexity index is 961. The molecule has 1 saturated heterocycles. The number of fused-ring (bicyclic) bond motifs is 1. The van der Waals surface area contributed by atoms with Crippen molar-refractivity contribution in [3.8, 4) is 11.1 Å². The van der Waals surface area contributed by atoms with E-state index in [2.05, 4.69) is 31.8 Å². The molecule has 0 saturated carbocycles. The SMILES string of the molecule is CN1CCN(c2nc3nccc(-c4ccc(Cl)cc4)c3c(=O)[nH]2)CC1. The van der Waals surface area contributed by atoms with Gasteiger partial charge in [0.1, 0.15) is 0 Å². The van der Waals surface area contributed by atoms with Gasteiger partial charge in [0.05, 0.1) is 5.39 Å². The van der Waals surface area contributed by atoms with Gasteiger partial charge in [0.25, 0.3) is 5.56 Å². The van der Waals surface area contributed by atoms with Crippen molar-refractivity contribution in [2.24, 2.45) is 0 Å². The summed E-state index contributed by atoms with van der Waals surface area (Å²) in [5, 5.41) is 1.16. The van der Waals surface area contributed by atoms with E-state index in [0.717, 1.165) is 37.3 Å². The zero-order valence-electron chi connectivity index (χ0n) is 13.9. The molecular weight excluding hydrogens is 338 g/mol. The van der Waals surface area contributed by atoms with Crippen molar-refractivity contribution in [1.29, 1.82) is 0 Å². The normalized spacial score (nSPS) is 15.7. The Morgan fingerprint density at radius 1 is 1.08 bits per heavy atom. The van der Waals surface area contributed by atoms with Gasteiger partial charge >= 0.3 is 0 Å². The summed E-state index contributed by atoms with van der Waals surface area (Å²) in [7, 11) is 2.09. The minimum atomic E-state index is -0.169. The van der Waals surface area contributed by atoms with Crippen molar-refractivity contribution in [3.63, 3.8) is 0 Å². The fraction of sp³-hybridized carbons (Fsp3) is 0.278. The van der Waals surface area contributed by atoms with Gasteiger partial charge in [0.2, 0.25) is 5.95 Å². The fourth-order valence-electron chi connectivity index (χ4n) is 3.09. The molecule has 7 heteroatoms. The predicted octanol–water partition coefficient (Wildman–Crippen LogP) is 2.39. The summed E-state index contributed by atoms with van der Waals surface area (Å²) in [4.78, 5) is 29.0. The van der Waals surface area contributed by atoms with E-state index in [-0.39, 0.29) is 5.56 Å². The molecule has 128 valence electrons. The van der Waals surface area contributed by atoms with Gasteiger partial charge in [-0.1, -0.05) is 23.7 Å². The summed E-state index contributed by atoms with van der Waals surface area (Å²) in [5.74, 6) is 0.589. The second-order valence-electron chi connectivity index (χ2n) is 6.24. The maximum absolute atomic E-state index is 12.8. The van der Waals surface area contributed by atoms with Crippen LogP contribution in [0.3, 0.4) is 0 Å². The van der Waals surface area contributed by atoms with Crippen molar-refractivity contribution < 1.29 is 0 Å². The van der Waals surface area contributed by atoms with Crippen molar-refractivity contribution in [2.45, 2.75) is 0 Å². The average molecular weight is 356 g/mol. The van der Waals surface area contributed by atoms with Crippen LogP contribution in [0.1, 0.15) is 0 Å². The number of aromatic nitrogens is 3. The van der Waals surface area contributed by atoms with Crippen LogP contribution in [0.4, 0.5) is 5.95 Å². The number of nitrogens with zero attached hydrogens (tertiary/aromatic N) is 4. The average Bonchev–Trinajstić information content (AvgIpc) is 2.62. The summed E-state index contributed by atoms with van der Waals surface area (Å²) < 4.78 is 0. The number of likely N-dealkylation sites (N-methyl/N-ethyl adjacent to an activating group) is 1. The molecule has 6 nitrogen and oxygen atoms in total. The molecule has 1 N–H and O–H groups in total. The third-order valence-electron chi connectivity index (χ3n) is 4.55. The highest BCUT2D eigenvalue weighted by Crippen LogP contribution is 2.26. The molecule has 0 aliphatic carbocycles. The van der Waals surface area contributed by atoms with Crippen LogP contribution in [-0.4, -0.2) is 53.1 Å². The zero-order valence-corrected chi connectivity index (χ0v) is 14.6. The highest BCUT2D eigenvalue weighted by molar-refractivity contribution is 6.30. The van der Waals surface area contributed by atoms with Gasteiger partial charge in [0, 0.05) is 37.4 Å². The number of aromatic amines is 1. The number of benzene rings is 1. The quantitative estimate of drug-likeness (QED) is 0.764. The van der Waals surface area contributed by atoms with Gasteiger partial charge < -0.3 is 9.80 Å². The number of H-pyrrole nitrogens is 1. The third-order valence-corrected chi connectivity index (χ3v) is 4.81. The zero-order chi connectivity index (χ0) is 17.4. The lowest BCUT2D eigenvalue weighted by molar-refractivity contribution is 0.311. The van der Waals surface area contributed by atoms with E-state index in [1.165, 1.54) is 0 Å². The molecular formula is C18H18ClN5O. The maximum atomic E-state index is 12.8. The Balaban J connectivity index is 1.80. The van der Waals surface area contributed by atoms with Gasteiger partial charge in [0.15, 0.2) is 5.65 Å². The van der Waals surface area contributed by atoms with Crippen LogP contribution >= 0.6 is 11.6 Å². The summed E-state index contributed by atoms with van der Waals surface area (Å²) in [6, 6.07) is 9.24. The Labute approximate surface area is 150 Å². The second kappa shape index (κ2) is 6.46. The first kappa shape index (κ1) is 16.1. The van der Waals surface area contributed by atoms with Gasteiger partial charge in [-0.2, -0.15) is 4.98 Å². The molecule has 0 bridgehead atoms. The smallest absolute Gasteiger partial charge is 0.262 e. The summed E-state index contributed by atoms with van der Waals surface area (Å²) in [6.45, 7) is 3.56. The minimum absolute atomic E-state index is 0.169. The molecule has 0 atom stereocenters. The number of nitrogens with one attached hydrogen (secondary N) is 1. The number of hydrogen-bond donors (Lipinski definition) is 1. The first-order valence-corrected chi connectivity index (χ1v) is 8.58. The van der Waals surface area contributed by atoms with Crippen molar-refractivity contribution in [2.75, 3.05) is 38.1 Å². The van der Waals surface area contributed by atoms with Crippen molar-refractivity contribution in [1.82, 2.24) is 19.9 Å². The molecule has 4 rings (SSSR count). The van der Waals surface area contributed by atoms with Crippen LogP contribution in [0.25, 0.3) is 22.2 Å². The Morgan fingerprint density at radius 2 is 1.80 bits per heavy atom. The largest absolute Gasteiger partial charge is 0.340 e. The van der Waals surface area contributed by atoms with Crippen molar-refractivity contribution >= 4 is 28.6 Å². The first-order valence-electron chi connectivity index (χ1n) is 8.20. The molecule has 0 radical (unpaired) electrons. The summed E-state index contributed by atoms with van der Waals surface area (Å²) >= 11 is 5.96. The first-order chi connectivity index (χ1) is 12.1. The molecule has 1 fully saturated rings. The molecule has 3 aromatic rings. The Hall–Kier alpha value is -2.44. The van der Waals surface area contributed by atoms with Gasteiger partial charge in [-0.25, -0.2) is 4.98 Å². The number of anilines is 1. The minimum Gasteiger partial charge on any atom is -0.340 e. The second-order valence-corrected chi connectivity index (χ2v) is 6.68. The lowest BCUT2D eigenvalue weighted by Gasteiger charge is -2.32. The van der Waals surface area contributed by atoms with Gasteiger partial charge in [-0.15, -0.1) is 0 Å². The Kier molecular flexibility index (Phi) is 4.15. The molecule has 1 aliphatic heterocycles. The number of halogens is 1. The topological polar surface area (TPSA) is 65.1 Å². The van der Waals surface area contributed by atoms with E-state index in [1.54, 1.807) is 6.20 Å². The van der Waals surface area contributed by atoms with E-state index in [9.17, 15) is 4.79 Å². The van der Waals surface area contributed by atoms with E-state index in [0.29, 0.717) is 22.0 Å². The monoisotopic (exact) mass is 355 g/mol. The van der Waals surface area contributed by atoms with Crippen LogP contribution in [0.5, 0.6) is 0 Å². The van der Waals surface area contributed by atoms with E-state index in [1.807, 2.05) is 30.3 Å². The number of hydrogen-bond acceptors (Lipinski definition) is 5. The molecule has 2 aromatic heterocycles. The lowest BCUT2D eigenvalue weighted by atomic mass is 10.0. The molecule has 1 aromatic carbocycles. The molecule has 0 unspecified atom stereocenters. The van der Waals surface area contributed by atoms with Crippen LogP contribution in [0, 0.1) is 0 Å². The van der Waals surface area contributed by atoms with Gasteiger partial charge in [-0.05, 0) is 36.4 Å². The van der Waals surface area contributed by atoms with E-state index in [4.69, 9.17) is 11.6 Å². The Morgan fingerprint density at radius 3 is 2.52 bits per heavy atom. The summed E-state index contributed by atoms with van der Waals surface area (Å²) in [5.41, 5.74) is 2.01.